The van der Waals surface area contributed by atoms with Crippen LogP contribution in [0.25, 0.3) is 6.08 Å². The van der Waals surface area contributed by atoms with Crippen LogP contribution in [0.2, 0.25) is 0 Å². The Morgan fingerprint density at radius 3 is 2.58 bits per heavy atom. The number of ether oxygens (including phenoxy) is 2. The van der Waals surface area contributed by atoms with Gasteiger partial charge in [-0.2, -0.15) is 0 Å². The summed E-state index contributed by atoms with van der Waals surface area (Å²) in [4.78, 5) is 38.3. The number of nitrogens with one attached hydrogen (secondary N) is 1. The average molecular weight is 463 g/mol. The highest BCUT2D eigenvalue weighted by molar-refractivity contribution is 7.12. The van der Waals surface area contributed by atoms with Crippen molar-refractivity contribution in [2.75, 3.05) is 11.6 Å². The maximum atomic E-state index is 12.9. The van der Waals surface area contributed by atoms with Crippen LogP contribution in [0.4, 0.5) is 5.69 Å². The molecule has 168 valence electrons. The van der Waals surface area contributed by atoms with Gasteiger partial charge in [0, 0.05) is 0 Å². The van der Waals surface area contributed by atoms with E-state index < -0.39 is 17.8 Å². The number of esters is 1. The first kappa shape index (κ1) is 22.3. The molecule has 7 nitrogen and oxygen atoms in total. The van der Waals surface area contributed by atoms with Gasteiger partial charge in [-0.05, 0) is 79.2 Å². The highest BCUT2D eigenvalue weighted by atomic mass is 32.1. The lowest BCUT2D eigenvalue weighted by molar-refractivity contribution is -0.117. The zero-order chi connectivity index (χ0) is 23.5. The predicted molar refractivity (Wildman–Crippen MR) is 126 cm³/mol. The molecular formula is C25H22N2O5S. The molecule has 1 aromatic heterocycles. The van der Waals surface area contributed by atoms with Gasteiger partial charge in [0.05, 0.1) is 12.3 Å². The normalized spacial score (nSPS) is 14.5. The summed E-state index contributed by atoms with van der Waals surface area (Å²) in [6, 6.07) is 13.9. The molecule has 1 N–H and O–H groups in total. The van der Waals surface area contributed by atoms with Crippen molar-refractivity contribution in [1.82, 2.24) is 5.43 Å². The van der Waals surface area contributed by atoms with Crippen LogP contribution in [0.5, 0.6) is 11.5 Å². The molecule has 33 heavy (non-hydrogen) atoms. The van der Waals surface area contributed by atoms with Gasteiger partial charge in [-0.1, -0.05) is 18.2 Å². The molecule has 4 rings (SSSR count). The van der Waals surface area contributed by atoms with Crippen molar-refractivity contribution in [3.05, 3.63) is 81.1 Å². The Labute approximate surface area is 195 Å². The highest BCUT2D eigenvalue weighted by Gasteiger charge is 2.34. The first-order chi connectivity index (χ1) is 15.9. The number of thiophene rings is 1. The van der Waals surface area contributed by atoms with Crippen LogP contribution in [0.3, 0.4) is 0 Å². The number of rotatable bonds is 6. The Morgan fingerprint density at radius 1 is 1.06 bits per heavy atom. The first-order valence-corrected chi connectivity index (χ1v) is 11.2. The third kappa shape index (κ3) is 4.65. The first-order valence-electron chi connectivity index (χ1n) is 10.3. The smallest absolute Gasteiger partial charge is 0.353 e. The molecule has 2 aromatic carbocycles. The third-order valence-corrected chi connectivity index (χ3v) is 5.99. The molecule has 0 bridgehead atoms. The highest BCUT2D eigenvalue weighted by Crippen LogP contribution is 2.31. The van der Waals surface area contributed by atoms with Gasteiger partial charge >= 0.3 is 5.97 Å². The molecule has 0 aliphatic carbocycles. The van der Waals surface area contributed by atoms with Crippen LogP contribution < -0.4 is 19.9 Å². The second kappa shape index (κ2) is 9.30. The van der Waals surface area contributed by atoms with Gasteiger partial charge in [0.1, 0.15) is 10.5 Å². The van der Waals surface area contributed by atoms with E-state index in [4.69, 9.17) is 9.47 Å². The molecule has 1 saturated heterocycles. The molecule has 1 aliphatic rings. The number of amides is 2. The van der Waals surface area contributed by atoms with Crippen LogP contribution in [0.15, 0.2) is 59.5 Å². The molecule has 1 fully saturated rings. The van der Waals surface area contributed by atoms with E-state index in [1.165, 1.54) is 22.4 Å². The zero-order valence-electron chi connectivity index (χ0n) is 18.4. The van der Waals surface area contributed by atoms with Gasteiger partial charge in [-0.15, -0.1) is 11.3 Å². The van der Waals surface area contributed by atoms with Crippen molar-refractivity contribution in [3.8, 4) is 11.5 Å². The number of benzene rings is 2. The minimum atomic E-state index is -0.496. The fourth-order valence-corrected chi connectivity index (χ4v) is 3.88. The number of hydrogen-bond donors (Lipinski definition) is 1. The SMILES string of the molecule is CCOc1cc(/C=C2\C(=O)NN(c3ccc(C)c(C)c3)C2=O)ccc1OC(=O)c1cccs1. The predicted octanol–water partition coefficient (Wildman–Crippen LogP) is 4.44. The van der Waals surface area contributed by atoms with Gasteiger partial charge in [0.15, 0.2) is 11.5 Å². The number of carbonyl (C=O) groups is 3. The maximum Gasteiger partial charge on any atom is 0.353 e. The molecule has 2 heterocycles. The van der Waals surface area contributed by atoms with Crippen LogP contribution in [0.1, 0.15) is 33.3 Å². The second-order valence-electron chi connectivity index (χ2n) is 7.41. The van der Waals surface area contributed by atoms with E-state index in [1.807, 2.05) is 32.9 Å². The van der Waals surface area contributed by atoms with Crippen molar-refractivity contribution >= 4 is 40.9 Å². The number of nitrogens with zero attached hydrogens (tertiary/aromatic N) is 1. The van der Waals surface area contributed by atoms with Crippen molar-refractivity contribution in [2.45, 2.75) is 20.8 Å². The monoisotopic (exact) mass is 462 g/mol. The summed E-state index contributed by atoms with van der Waals surface area (Å²) in [5.74, 6) is -0.824. The van der Waals surface area contributed by atoms with E-state index >= 15 is 0 Å². The Hall–Kier alpha value is -3.91. The Balaban J connectivity index is 1.60. The van der Waals surface area contributed by atoms with Gasteiger partial charge in [-0.25, -0.2) is 9.80 Å². The molecule has 0 unspecified atom stereocenters. The van der Waals surface area contributed by atoms with Gasteiger partial charge in [0.2, 0.25) is 0 Å². The summed E-state index contributed by atoms with van der Waals surface area (Å²) in [5.41, 5.74) is 5.87. The fraction of sp³-hybridized carbons (Fsp3) is 0.160. The van der Waals surface area contributed by atoms with Crippen molar-refractivity contribution in [3.63, 3.8) is 0 Å². The second-order valence-corrected chi connectivity index (χ2v) is 8.36. The van der Waals surface area contributed by atoms with Gasteiger partial charge < -0.3 is 9.47 Å². The van der Waals surface area contributed by atoms with E-state index in [1.54, 1.807) is 41.8 Å². The molecule has 1 aliphatic heterocycles. The summed E-state index contributed by atoms with van der Waals surface area (Å²) in [7, 11) is 0. The number of anilines is 1. The lowest BCUT2D eigenvalue weighted by Gasteiger charge is -2.16. The quantitative estimate of drug-likeness (QED) is 0.253. The molecule has 0 radical (unpaired) electrons. The van der Waals surface area contributed by atoms with Crippen molar-refractivity contribution < 1.29 is 23.9 Å². The maximum absolute atomic E-state index is 12.9. The number of aryl methyl sites for hydroxylation is 2. The number of hydrazine groups is 1. The molecule has 0 spiro atoms. The number of carbonyl (C=O) groups excluding carboxylic acids is 3. The standard InChI is InChI=1S/C25H22N2O5S/c1-4-31-21-14-17(8-10-20(21)32-25(30)22-6-5-11-33-22)13-19-23(28)26-27(24(19)29)18-9-7-15(2)16(3)12-18/h5-14H,4H2,1-3H3,(H,26,28)/b19-13+. The molecule has 2 amide bonds. The van der Waals surface area contributed by atoms with E-state index in [9.17, 15) is 14.4 Å². The summed E-state index contributed by atoms with van der Waals surface area (Å²) in [6.45, 7) is 6.08. The molecule has 8 heteroatoms. The Kier molecular flexibility index (Phi) is 6.28. The van der Waals surface area contributed by atoms with E-state index in [-0.39, 0.29) is 11.3 Å². The van der Waals surface area contributed by atoms with Crippen LogP contribution in [-0.4, -0.2) is 24.4 Å². The lowest BCUT2D eigenvalue weighted by atomic mass is 10.1. The minimum absolute atomic E-state index is 0.000920. The van der Waals surface area contributed by atoms with E-state index in [0.717, 1.165) is 11.1 Å². The van der Waals surface area contributed by atoms with Crippen molar-refractivity contribution in [1.29, 1.82) is 0 Å². The zero-order valence-corrected chi connectivity index (χ0v) is 19.2. The molecule has 3 aromatic rings. The Bertz CT molecular complexity index is 1260. The fourth-order valence-electron chi connectivity index (χ4n) is 3.28. The molecular weight excluding hydrogens is 440 g/mol. The topological polar surface area (TPSA) is 84.9 Å². The van der Waals surface area contributed by atoms with E-state index in [0.29, 0.717) is 28.5 Å². The summed E-state index contributed by atoms with van der Waals surface area (Å²) in [5, 5.41) is 3.03. The number of hydrogen-bond acceptors (Lipinski definition) is 6. The minimum Gasteiger partial charge on any atom is -0.490 e. The van der Waals surface area contributed by atoms with Crippen LogP contribution in [0, 0.1) is 13.8 Å². The lowest BCUT2D eigenvalue weighted by Crippen LogP contribution is -2.35. The van der Waals surface area contributed by atoms with Gasteiger partial charge in [0.25, 0.3) is 11.8 Å². The van der Waals surface area contributed by atoms with Gasteiger partial charge in [-0.3, -0.25) is 15.0 Å². The summed E-state index contributed by atoms with van der Waals surface area (Å²) >= 11 is 1.28. The summed E-state index contributed by atoms with van der Waals surface area (Å²) in [6.07, 6.45) is 1.49. The largest absolute Gasteiger partial charge is 0.490 e. The average Bonchev–Trinajstić information content (AvgIpc) is 3.42. The third-order valence-electron chi connectivity index (χ3n) is 5.14. The van der Waals surface area contributed by atoms with E-state index in [2.05, 4.69) is 5.43 Å². The Morgan fingerprint density at radius 2 is 1.88 bits per heavy atom. The molecule has 0 atom stereocenters. The van der Waals surface area contributed by atoms with Crippen LogP contribution >= 0.6 is 11.3 Å². The molecule has 0 saturated carbocycles. The summed E-state index contributed by atoms with van der Waals surface area (Å²) < 4.78 is 11.1. The van der Waals surface area contributed by atoms with Crippen molar-refractivity contribution in [2.24, 2.45) is 0 Å². The van der Waals surface area contributed by atoms with Crippen LogP contribution in [-0.2, 0) is 9.59 Å².